The first kappa shape index (κ1) is 27.8. The molecule has 2 rings (SSSR count). The highest BCUT2D eigenvalue weighted by Gasteiger charge is 2.20. The molecule has 0 saturated carbocycles. The SMILES string of the molecule is C.Cc1ccc(NS(=O)(=O)c2cccc([N+](=O)[O-])c2)c(=O)n1CC(=O)NCCON=C(N)N.[3H]F. The third kappa shape index (κ3) is 8.05. The molecule has 0 atom stereocenters. The zero-order valence-corrected chi connectivity index (χ0v) is 18.0. The Morgan fingerprint density at radius 3 is 2.62 bits per heavy atom. The van der Waals surface area contributed by atoms with Crippen LogP contribution in [0.15, 0.2) is 51.2 Å². The molecule has 6 N–H and O–H groups in total. The molecule has 0 aliphatic carbocycles. The number of non-ortho nitro benzene ring substituents is 1. The van der Waals surface area contributed by atoms with E-state index < -0.39 is 37.0 Å². The fraction of sp³-hybridized carbons (Fsp3) is 0.278. The van der Waals surface area contributed by atoms with E-state index in [1.165, 1.54) is 18.2 Å². The highest BCUT2D eigenvalue weighted by molar-refractivity contribution is 7.92. The average Bonchev–Trinajstić information content (AvgIpc) is 2.79. The van der Waals surface area contributed by atoms with Gasteiger partial charge in [-0.05, 0) is 30.3 Å². The van der Waals surface area contributed by atoms with Crippen molar-refractivity contribution in [1.29, 1.82) is 1.45 Å². The number of sulfonamides is 1. The van der Waals surface area contributed by atoms with Crippen LogP contribution in [0.3, 0.4) is 0 Å². The van der Waals surface area contributed by atoms with Crippen LogP contribution in [-0.2, 0) is 26.2 Å². The summed E-state index contributed by atoms with van der Waals surface area (Å²) in [7, 11) is -4.30. The Hall–Kier alpha value is -4.21. The molecular weight excluding hydrogens is 477 g/mol. The van der Waals surface area contributed by atoms with E-state index in [0.717, 1.165) is 22.8 Å². The third-order valence-corrected chi connectivity index (χ3v) is 5.33. The number of aromatic nitrogens is 1. The normalized spacial score (nSPS) is 10.4. The molecule has 1 amide bonds. The number of nitrogens with zero attached hydrogens (tertiary/aromatic N) is 3. The number of hydrogen-bond acceptors (Lipinski definition) is 8. The molecule has 16 heteroatoms. The monoisotopic (exact) mass is 505 g/mol. The van der Waals surface area contributed by atoms with Gasteiger partial charge in [-0.25, -0.2) is 8.42 Å². The maximum Gasteiger partial charge on any atom is 0.275 e. The molecular formula is C18H26FN7O7S. The van der Waals surface area contributed by atoms with Crippen molar-refractivity contribution in [3.05, 3.63) is 62.6 Å². The molecule has 188 valence electrons. The number of halogens is 1. The fourth-order valence-electron chi connectivity index (χ4n) is 2.47. The second kappa shape index (κ2) is 12.7. The summed E-state index contributed by atoms with van der Waals surface area (Å²) in [5, 5.41) is 16.7. The predicted octanol–water partition coefficient (Wildman–Crippen LogP) is -0.0245. The van der Waals surface area contributed by atoms with E-state index in [1.54, 1.807) is 6.92 Å². The van der Waals surface area contributed by atoms with Gasteiger partial charge in [0.1, 0.15) is 18.8 Å². The largest absolute Gasteiger partial charge is 0.391 e. The van der Waals surface area contributed by atoms with Gasteiger partial charge < -0.3 is 26.2 Å². The number of oxime groups is 1. The minimum Gasteiger partial charge on any atom is -0.391 e. The Kier molecular flexibility index (Phi) is 10.4. The van der Waals surface area contributed by atoms with Crippen molar-refractivity contribution in [1.82, 2.24) is 9.88 Å². The first-order valence-electron chi connectivity index (χ1n) is 9.34. The number of rotatable bonds is 10. The Morgan fingerprint density at radius 1 is 1.32 bits per heavy atom. The number of guanidine groups is 1. The van der Waals surface area contributed by atoms with Crippen LogP contribution < -0.4 is 27.1 Å². The molecule has 0 radical (unpaired) electrons. The number of hydrogen-bond donors (Lipinski definition) is 4. The summed E-state index contributed by atoms with van der Waals surface area (Å²) in [4.78, 5) is 39.3. The van der Waals surface area contributed by atoms with Crippen molar-refractivity contribution in [2.24, 2.45) is 16.6 Å². The summed E-state index contributed by atoms with van der Waals surface area (Å²) in [5.41, 5.74) is 9.05. The maximum atomic E-state index is 12.7. The van der Waals surface area contributed by atoms with Gasteiger partial charge >= 0.3 is 0 Å². The molecule has 0 aliphatic heterocycles. The lowest BCUT2D eigenvalue weighted by molar-refractivity contribution is -0.385. The van der Waals surface area contributed by atoms with Crippen LogP contribution in [0.4, 0.5) is 16.1 Å². The molecule has 0 spiro atoms. The molecule has 34 heavy (non-hydrogen) atoms. The number of anilines is 1. The Balaban J connectivity index is 0.00000375. The van der Waals surface area contributed by atoms with E-state index in [9.17, 15) is 28.1 Å². The Morgan fingerprint density at radius 2 is 2.00 bits per heavy atom. The average molecular weight is 506 g/mol. The van der Waals surface area contributed by atoms with Gasteiger partial charge in [0.2, 0.25) is 11.9 Å². The van der Waals surface area contributed by atoms with Gasteiger partial charge in [-0.3, -0.25) is 29.1 Å². The number of carbonyl (C=O) groups excluding carboxylic acids is 1. The van der Waals surface area contributed by atoms with Gasteiger partial charge in [-0.1, -0.05) is 13.5 Å². The van der Waals surface area contributed by atoms with Crippen molar-refractivity contribution >= 4 is 33.3 Å². The van der Waals surface area contributed by atoms with Crippen molar-refractivity contribution in [2.75, 3.05) is 17.9 Å². The van der Waals surface area contributed by atoms with Crippen molar-refractivity contribution in [3.63, 3.8) is 0 Å². The topological polar surface area (TPSA) is 214 Å². The number of amides is 1. The quantitative estimate of drug-likeness (QED) is 0.112. The second-order valence-corrected chi connectivity index (χ2v) is 8.02. The van der Waals surface area contributed by atoms with E-state index in [0.29, 0.717) is 5.69 Å². The van der Waals surface area contributed by atoms with Crippen molar-refractivity contribution in [2.45, 2.75) is 25.8 Å². The zero-order chi connectivity index (χ0) is 25.9. The molecule has 0 fully saturated rings. The van der Waals surface area contributed by atoms with Gasteiger partial charge in [0.05, 0.1) is 16.4 Å². The molecule has 1 aromatic carbocycles. The molecule has 14 nitrogen and oxygen atoms in total. The van der Waals surface area contributed by atoms with E-state index >= 15 is 0 Å². The zero-order valence-electron chi connectivity index (χ0n) is 18.2. The van der Waals surface area contributed by atoms with Gasteiger partial charge in [0, 0.05) is 17.8 Å². The van der Waals surface area contributed by atoms with Crippen molar-refractivity contribution in [3.8, 4) is 0 Å². The fourth-order valence-corrected chi connectivity index (χ4v) is 3.56. The third-order valence-electron chi connectivity index (χ3n) is 3.96. The second-order valence-electron chi connectivity index (χ2n) is 6.34. The number of nitro benzene ring substituents is 1. The van der Waals surface area contributed by atoms with Crippen LogP contribution >= 0.6 is 0 Å². The lowest BCUT2D eigenvalue weighted by atomic mass is 10.3. The highest BCUT2D eigenvalue weighted by atomic mass is 32.2. The summed E-state index contributed by atoms with van der Waals surface area (Å²) in [6.45, 7) is 1.22. The minimum absolute atomic E-state index is 0. The van der Waals surface area contributed by atoms with Crippen LogP contribution in [0.2, 0.25) is 0 Å². The maximum absolute atomic E-state index is 12.7. The lowest BCUT2D eigenvalue weighted by Gasteiger charge is -2.13. The standard InChI is InChI=1S/C17H21N7O7S.CH4.FH/c1-11-5-6-14(22-32(29,30)13-4-2-3-12(9-13)24(27)28)16(26)23(11)10-15(25)20-7-8-31-21-17(18)19;;/h2-6,9,22H,7-8,10H2,1H3,(H,20,25)(H4,18,19,21);1H4;1H/i/hT. The number of nitrogens with two attached hydrogens (primary N) is 2. The van der Waals surface area contributed by atoms with Gasteiger partial charge in [0.15, 0.2) is 0 Å². The van der Waals surface area contributed by atoms with Crippen molar-refractivity contribution < 1.29 is 27.7 Å². The number of carbonyl (C=O) groups is 1. The number of pyridine rings is 1. The molecule has 1 aromatic heterocycles. The summed E-state index contributed by atoms with van der Waals surface area (Å²) in [6, 6.07) is 7.05. The van der Waals surface area contributed by atoms with Crippen LogP contribution in [0.5, 0.6) is 0 Å². The molecule has 0 aliphatic rings. The lowest BCUT2D eigenvalue weighted by Crippen LogP contribution is -2.36. The van der Waals surface area contributed by atoms with E-state index in [1.807, 2.05) is 0 Å². The minimum atomic E-state index is -4.30. The van der Waals surface area contributed by atoms with Crippen LogP contribution in [0, 0.1) is 17.0 Å². The smallest absolute Gasteiger partial charge is 0.275 e. The summed E-state index contributed by atoms with van der Waals surface area (Å²) < 4.78 is 41.4. The van der Waals surface area contributed by atoms with Gasteiger partial charge in [-0.2, -0.15) is 0 Å². The predicted molar refractivity (Wildman–Crippen MR) is 123 cm³/mol. The number of nitro groups is 1. The first-order valence-corrected chi connectivity index (χ1v) is 10.4. The van der Waals surface area contributed by atoms with E-state index in [-0.39, 0.29) is 38.8 Å². The molecule has 0 bridgehead atoms. The Labute approximate surface area is 195 Å². The summed E-state index contributed by atoms with van der Waals surface area (Å²) in [5.74, 6) is -0.815. The molecule has 1 heterocycles. The molecule has 2 aromatic rings. The van der Waals surface area contributed by atoms with Gasteiger partial charge in [-0.15, -0.1) is 0 Å². The summed E-state index contributed by atoms with van der Waals surface area (Å²) in [6.07, 6.45) is 0. The number of aryl methyl sites for hydroxylation is 1. The molecule has 0 saturated heterocycles. The van der Waals surface area contributed by atoms with Crippen LogP contribution in [0.25, 0.3) is 0 Å². The number of benzene rings is 1. The first-order chi connectivity index (χ1) is 16.0. The Bertz CT molecular complexity index is 1220. The summed E-state index contributed by atoms with van der Waals surface area (Å²) >= 11 is 0. The highest BCUT2D eigenvalue weighted by Crippen LogP contribution is 2.19. The van der Waals surface area contributed by atoms with Gasteiger partial charge in [0.25, 0.3) is 22.7 Å². The van der Waals surface area contributed by atoms with Crippen LogP contribution in [0.1, 0.15) is 13.1 Å². The van der Waals surface area contributed by atoms with Crippen LogP contribution in [-0.4, -0.2) is 44.4 Å². The number of nitrogens with one attached hydrogen (secondary N) is 2. The molecule has 0 unspecified atom stereocenters. The van der Waals surface area contributed by atoms with E-state index in [4.69, 9.17) is 21.0 Å². The van der Waals surface area contributed by atoms with E-state index in [2.05, 4.69) is 16.6 Å².